The monoisotopic (exact) mass is 494 g/mol. The summed E-state index contributed by atoms with van der Waals surface area (Å²) in [5, 5.41) is 0. The molecular weight excluding hydrogens is 444 g/mol. The molecule has 37 heavy (non-hydrogen) atoms. The van der Waals surface area contributed by atoms with Crippen molar-refractivity contribution in [2.75, 3.05) is 0 Å². The van der Waals surface area contributed by atoms with Gasteiger partial charge in [0.15, 0.2) is 0 Å². The zero-order valence-electron chi connectivity index (χ0n) is 24.7. The largest absolute Gasteiger partial charge is 0.0625 e. The second-order valence-corrected chi connectivity index (χ2v) is 13.2. The molecule has 3 aromatic rings. The smallest absolute Gasteiger partial charge is 0.00201 e. The van der Waals surface area contributed by atoms with Crippen molar-refractivity contribution in [3.63, 3.8) is 0 Å². The molecule has 198 valence electrons. The van der Waals surface area contributed by atoms with E-state index in [0.29, 0.717) is 5.92 Å². The Morgan fingerprint density at radius 2 is 1.51 bits per heavy atom. The van der Waals surface area contributed by atoms with E-state index in [1.165, 1.54) is 71.0 Å². The Morgan fingerprint density at radius 3 is 2.22 bits per heavy atom. The van der Waals surface area contributed by atoms with Crippen LogP contribution in [0.3, 0.4) is 0 Å². The minimum absolute atomic E-state index is 0.159. The minimum Gasteiger partial charge on any atom is -0.0625 e. The third-order valence-electron chi connectivity index (χ3n) is 9.02. The van der Waals surface area contributed by atoms with Crippen molar-refractivity contribution in [1.82, 2.24) is 0 Å². The second-order valence-electron chi connectivity index (χ2n) is 13.2. The molecule has 1 saturated carbocycles. The lowest BCUT2D eigenvalue weighted by Crippen LogP contribution is -2.14. The first-order valence-electron chi connectivity index (χ1n) is 14.9. The first kappa shape index (κ1) is 27.7. The number of rotatable bonds is 8. The Labute approximate surface area is 227 Å². The van der Waals surface area contributed by atoms with Crippen LogP contribution in [0.2, 0.25) is 0 Å². The van der Waals surface area contributed by atoms with Crippen LogP contribution in [0.1, 0.15) is 124 Å². The van der Waals surface area contributed by atoms with Crippen LogP contribution >= 0.6 is 0 Å². The fourth-order valence-electron chi connectivity index (χ4n) is 6.51. The molecule has 1 aliphatic carbocycles. The highest BCUT2D eigenvalue weighted by molar-refractivity contribution is 5.43. The van der Waals surface area contributed by atoms with Gasteiger partial charge in [0.25, 0.3) is 0 Å². The molecule has 0 bridgehead atoms. The standard InChI is InChI=1S/C37H50/c1-8-31-24-32(28(4)21-29-16-13-26(2)14-17-29)19-20-33(31)22-30-18-15-27(3)35(23-30)25-34-11-9-10-12-36(34)37(5,6)7/h9-12,15,18-20,23-24,26,28-29H,8,13-14,16-17,21-22,25H2,1-7H3. The number of aryl methyl sites for hydroxylation is 2. The zero-order chi connectivity index (χ0) is 26.6. The van der Waals surface area contributed by atoms with Gasteiger partial charge < -0.3 is 0 Å². The summed E-state index contributed by atoms with van der Waals surface area (Å²) in [5.74, 6) is 2.52. The maximum absolute atomic E-state index is 2.53. The predicted molar refractivity (Wildman–Crippen MR) is 162 cm³/mol. The van der Waals surface area contributed by atoms with E-state index in [4.69, 9.17) is 0 Å². The first-order valence-corrected chi connectivity index (χ1v) is 14.9. The fraction of sp³-hybridized carbons (Fsp3) is 0.514. The van der Waals surface area contributed by atoms with Crippen molar-refractivity contribution in [3.8, 4) is 0 Å². The van der Waals surface area contributed by atoms with Crippen LogP contribution < -0.4 is 0 Å². The molecule has 0 heterocycles. The Hall–Kier alpha value is -2.34. The molecule has 0 heteroatoms. The van der Waals surface area contributed by atoms with Crippen LogP contribution in [0.15, 0.2) is 60.7 Å². The molecule has 1 atom stereocenters. The van der Waals surface area contributed by atoms with E-state index in [1.54, 1.807) is 5.56 Å². The summed E-state index contributed by atoms with van der Waals surface area (Å²) in [6.45, 7) is 16.4. The third kappa shape index (κ3) is 7.16. The summed E-state index contributed by atoms with van der Waals surface area (Å²) >= 11 is 0. The highest BCUT2D eigenvalue weighted by atomic mass is 14.3. The van der Waals surface area contributed by atoms with E-state index in [0.717, 1.165) is 31.1 Å². The van der Waals surface area contributed by atoms with Gasteiger partial charge in [-0.2, -0.15) is 0 Å². The van der Waals surface area contributed by atoms with E-state index < -0.39 is 0 Å². The van der Waals surface area contributed by atoms with E-state index in [2.05, 4.69) is 109 Å². The average molecular weight is 495 g/mol. The molecule has 1 unspecified atom stereocenters. The molecule has 0 N–H and O–H groups in total. The molecule has 3 aromatic carbocycles. The lowest BCUT2D eigenvalue weighted by molar-refractivity contribution is 0.267. The molecule has 0 aliphatic heterocycles. The maximum atomic E-state index is 2.53. The molecule has 4 rings (SSSR count). The van der Waals surface area contributed by atoms with Crippen LogP contribution in [0, 0.1) is 18.8 Å². The molecule has 0 saturated heterocycles. The molecule has 0 amide bonds. The summed E-state index contributed by atoms with van der Waals surface area (Å²) in [5.41, 5.74) is 11.9. The Balaban J connectivity index is 1.50. The quantitative estimate of drug-likeness (QED) is 0.292. The van der Waals surface area contributed by atoms with Gasteiger partial charge in [-0.15, -0.1) is 0 Å². The lowest BCUT2D eigenvalue weighted by atomic mass is 9.77. The molecule has 0 aromatic heterocycles. The molecular formula is C37H50. The van der Waals surface area contributed by atoms with Crippen LogP contribution in [0.4, 0.5) is 0 Å². The Bertz CT molecular complexity index is 1170. The highest BCUT2D eigenvalue weighted by Crippen LogP contribution is 2.36. The van der Waals surface area contributed by atoms with Crippen molar-refractivity contribution in [2.45, 2.75) is 111 Å². The topological polar surface area (TPSA) is 0 Å². The average Bonchev–Trinajstić information content (AvgIpc) is 2.87. The zero-order valence-corrected chi connectivity index (χ0v) is 24.7. The highest BCUT2D eigenvalue weighted by Gasteiger charge is 2.21. The summed E-state index contributed by atoms with van der Waals surface area (Å²) < 4.78 is 0. The Kier molecular flexibility index (Phi) is 8.99. The molecule has 0 radical (unpaired) electrons. The van der Waals surface area contributed by atoms with Gasteiger partial charge >= 0.3 is 0 Å². The number of hydrogen-bond acceptors (Lipinski definition) is 0. The van der Waals surface area contributed by atoms with Crippen molar-refractivity contribution < 1.29 is 0 Å². The second kappa shape index (κ2) is 12.0. The van der Waals surface area contributed by atoms with Crippen LogP contribution in [0.25, 0.3) is 0 Å². The van der Waals surface area contributed by atoms with E-state index in [-0.39, 0.29) is 5.41 Å². The van der Waals surface area contributed by atoms with Crippen molar-refractivity contribution in [3.05, 3.63) is 105 Å². The maximum Gasteiger partial charge on any atom is -0.00201 e. The normalized spacial score (nSPS) is 19.1. The Morgan fingerprint density at radius 1 is 0.784 bits per heavy atom. The van der Waals surface area contributed by atoms with Crippen LogP contribution in [-0.2, 0) is 24.7 Å². The van der Waals surface area contributed by atoms with E-state index >= 15 is 0 Å². The van der Waals surface area contributed by atoms with Crippen LogP contribution in [-0.4, -0.2) is 0 Å². The summed E-state index contributed by atoms with van der Waals surface area (Å²) in [6, 6.07) is 23.5. The van der Waals surface area contributed by atoms with Gasteiger partial charge in [-0.05, 0) is 100 Å². The summed E-state index contributed by atoms with van der Waals surface area (Å²) in [6.07, 6.45) is 10.2. The van der Waals surface area contributed by atoms with E-state index in [1.807, 2.05) is 0 Å². The van der Waals surface area contributed by atoms with Crippen molar-refractivity contribution >= 4 is 0 Å². The van der Waals surface area contributed by atoms with E-state index in [9.17, 15) is 0 Å². The minimum atomic E-state index is 0.159. The number of benzene rings is 3. The van der Waals surface area contributed by atoms with Gasteiger partial charge in [-0.25, -0.2) is 0 Å². The molecule has 1 aliphatic rings. The number of hydrogen-bond donors (Lipinski definition) is 0. The SMILES string of the molecule is CCc1cc(C(C)CC2CCC(C)CC2)ccc1Cc1ccc(C)c(Cc2ccccc2C(C)(C)C)c1. The van der Waals surface area contributed by atoms with Gasteiger partial charge in [0, 0.05) is 0 Å². The van der Waals surface area contributed by atoms with Gasteiger partial charge in [-0.3, -0.25) is 0 Å². The molecule has 0 spiro atoms. The van der Waals surface area contributed by atoms with Gasteiger partial charge in [0.2, 0.25) is 0 Å². The van der Waals surface area contributed by atoms with Crippen LogP contribution in [0.5, 0.6) is 0 Å². The molecule has 0 nitrogen and oxygen atoms in total. The van der Waals surface area contributed by atoms with Gasteiger partial charge in [0.05, 0.1) is 0 Å². The first-order chi connectivity index (χ1) is 17.6. The third-order valence-corrected chi connectivity index (χ3v) is 9.02. The van der Waals surface area contributed by atoms with Crippen molar-refractivity contribution in [2.24, 2.45) is 11.8 Å². The summed E-state index contributed by atoms with van der Waals surface area (Å²) in [7, 11) is 0. The predicted octanol–water partition coefficient (Wildman–Crippen LogP) is 10.4. The van der Waals surface area contributed by atoms with Gasteiger partial charge in [0.1, 0.15) is 0 Å². The van der Waals surface area contributed by atoms with Gasteiger partial charge in [-0.1, -0.05) is 128 Å². The molecule has 1 fully saturated rings. The lowest BCUT2D eigenvalue weighted by Gasteiger charge is -2.28. The fourth-order valence-corrected chi connectivity index (χ4v) is 6.51. The van der Waals surface area contributed by atoms with Crippen molar-refractivity contribution in [1.29, 1.82) is 0 Å². The summed E-state index contributed by atoms with van der Waals surface area (Å²) in [4.78, 5) is 0.